The average Bonchev–Trinajstić information content (AvgIpc) is 3.35. The Labute approximate surface area is 227 Å². The summed E-state index contributed by atoms with van der Waals surface area (Å²) in [5.74, 6) is 0. The van der Waals surface area contributed by atoms with Gasteiger partial charge in [0.15, 0.2) is 10.0 Å². The molecule has 39 heavy (non-hydrogen) atoms. The first-order chi connectivity index (χ1) is 18.5. The van der Waals surface area contributed by atoms with Crippen molar-refractivity contribution in [1.29, 1.82) is 5.26 Å². The number of fused-ring (bicyclic) bond motifs is 1. The van der Waals surface area contributed by atoms with Gasteiger partial charge in [-0.15, -0.1) is 10.2 Å². The molecule has 1 saturated carbocycles. The molecule has 1 saturated heterocycles. The van der Waals surface area contributed by atoms with Crippen LogP contribution in [0.4, 0.5) is 19.3 Å². The van der Waals surface area contributed by atoms with Crippen molar-refractivity contribution >= 4 is 44.0 Å². The molecule has 5 rings (SSSR count). The Balaban J connectivity index is 1.59. The topological polar surface area (TPSA) is 140 Å². The Hall–Kier alpha value is -3.42. The third-order valence-electron chi connectivity index (χ3n) is 7.02. The maximum Gasteiger partial charge on any atom is 0.319 e. The highest BCUT2D eigenvalue weighted by atomic mass is 32.2. The number of aromatic nitrogens is 4. The first-order valence-electron chi connectivity index (χ1n) is 12.3. The molecule has 1 aromatic carbocycles. The molecule has 2 aromatic heterocycles. The number of benzene rings is 1. The van der Waals surface area contributed by atoms with Gasteiger partial charge in [0.1, 0.15) is 11.2 Å². The second-order valence-corrected chi connectivity index (χ2v) is 12.3. The molecule has 3 aromatic rings. The van der Waals surface area contributed by atoms with E-state index in [-0.39, 0.29) is 21.6 Å². The second kappa shape index (κ2) is 9.96. The Morgan fingerprint density at radius 1 is 1.26 bits per heavy atom. The molecule has 208 valence electrons. The number of nitrogens with zero attached hydrogens (tertiary/aromatic N) is 8. The van der Waals surface area contributed by atoms with E-state index in [4.69, 9.17) is 0 Å². The summed E-state index contributed by atoms with van der Waals surface area (Å²) in [4.78, 5) is 17.9. The van der Waals surface area contributed by atoms with Gasteiger partial charge in [0, 0.05) is 52.2 Å². The predicted molar refractivity (Wildman–Crippen MR) is 140 cm³/mol. The number of aryl methyl sites for hydroxylation is 1. The number of carbonyl (C=O) groups excluding carboxylic acids is 1. The van der Waals surface area contributed by atoms with Gasteiger partial charge in [-0.2, -0.15) is 15.1 Å². The lowest BCUT2D eigenvalue weighted by Gasteiger charge is -2.38. The van der Waals surface area contributed by atoms with Gasteiger partial charge in [0.2, 0.25) is 10.0 Å². The number of hydrogen-bond acceptors (Lipinski definition) is 9. The van der Waals surface area contributed by atoms with Crippen LogP contribution in [-0.4, -0.2) is 89.5 Å². The zero-order valence-corrected chi connectivity index (χ0v) is 23.2. The highest BCUT2D eigenvalue weighted by Crippen LogP contribution is 2.40. The Morgan fingerprint density at radius 2 is 1.95 bits per heavy atom. The molecular weight excluding hydrogens is 552 g/mol. The Kier molecular flexibility index (Phi) is 6.93. The maximum atomic E-state index is 13.4. The monoisotopic (exact) mass is 579 g/mol. The second-order valence-electron chi connectivity index (χ2n) is 9.63. The van der Waals surface area contributed by atoms with E-state index in [0.717, 1.165) is 0 Å². The van der Waals surface area contributed by atoms with Crippen molar-refractivity contribution in [3.05, 3.63) is 17.1 Å². The largest absolute Gasteiger partial charge is 0.366 e. The van der Waals surface area contributed by atoms with Gasteiger partial charge in [-0.05, 0) is 31.9 Å². The Morgan fingerprint density at radius 3 is 2.51 bits per heavy atom. The van der Waals surface area contributed by atoms with Crippen LogP contribution in [0.1, 0.15) is 31.2 Å². The van der Waals surface area contributed by atoms with E-state index in [2.05, 4.69) is 20.0 Å². The number of nitrogens with one attached hydrogen (secondary N) is 1. The van der Waals surface area contributed by atoms with Crippen LogP contribution in [0.5, 0.6) is 0 Å². The van der Waals surface area contributed by atoms with E-state index < -0.39 is 27.0 Å². The molecule has 0 bridgehead atoms. The van der Waals surface area contributed by atoms with Crippen molar-refractivity contribution in [2.45, 2.75) is 36.6 Å². The van der Waals surface area contributed by atoms with Crippen molar-refractivity contribution in [1.82, 2.24) is 34.5 Å². The first-order valence-corrected chi connectivity index (χ1v) is 14.6. The SMILES string of the molecule is CCN(C)C(=O)N1CCN(c2cc(S(=O)(=O)NC3(C#N)CC3)cc3c(-c4nnc(C(F)F)s4)nn(C)c23)CC1. The zero-order chi connectivity index (χ0) is 28.1. The molecule has 3 heterocycles. The summed E-state index contributed by atoms with van der Waals surface area (Å²) in [5, 5.41) is 21.5. The van der Waals surface area contributed by atoms with Gasteiger partial charge in [-0.3, -0.25) is 4.68 Å². The number of alkyl halides is 2. The molecule has 0 spiro atoms. The fourth-order valence-electron chi connectivity index (χ4n) is 4.53. The smallest absolute Gasteiger partial charge is 0.319 e. The van der Waals surface area contributed by atoms with E-state index in [1.165, 1.54) is 12.1 Å². The van der Waals surface area contributed by atoms with Crippen molar-refractivity contribution in [3.8, 4) is 16.8 Å². The van der Waals surface area contributed by atoms with Crippen LogP contribution < -0.4 is 9.62 Å². The normalized spacial score (nSPS) is 17.1. The minimum Gasteiger partial charge on any atom is -0.366 e. The van der Waals surface area contributed by atoms with Crippen LogP contribution in [0.3, 0.4) is 0 Å². The van der Waals surface area contributed by atoms with E-state index in [9.17, 15) is 27.3 Å². The number of hydrogen-bond donors (Lipinski definition) is 1. The van der Waals surface area contributed by atoms with Crippen LogP contribution in [-0.2, 0) is 17.1 Å². The van der Waals surface area contributed by atoms with Gasteiger partial charge in [-0.1, -0.05) is 11.3 Å². The lowest BCUT2D eigenvalue weighted by atomic mass is 10.1. The zero-order valence-electron chi connectivity index (χ0n) is 21.6. The number of carbonyl (C=O) groups is 1. The van der Waals surface area contributed by atoms with E-state index >= 15 is 0 Å². The molecule has 2 fully saturated rings. The van der Waals surface area contributed by atoms with Crippen LogP contribution in [0.2, 0.25) is 0 Å². The molecule has 2 aliphatic rings. The predicted octanol–water partition coefficient (Wildman–Crippen LogP) is 2.56. The molecular formula is C23H27F2N9O3S2. The van der Waals surface area contributed by atoms with Gasteiger partial charge in [-0.25, -0.2) is 22.0 Å². The number of halogens is 2. The van der Waals surface area contributed by atoms with Gasteiger partial charge < -0.3 is 14.7 Å². The molecule has 0 atom stereocenters. The number of nitriles is 1. The van der Waals surface area contributed by atoms with Crippen molar-refractivity contribution in [3.63, 3.8) is 0 Å². The molecule has 16 heteroatoms. The van der Waals surface area contributed by atoms with Crippen LogP contribution in [0.15, 0.2) is 17.0 Å². The van der Waals surface area contributed by atoms with E-state index in [1.54, 1.807) is 28.6 Å². The molecule has 0 unspecified atom stereocenters. The molecule has 2 amide bonds. The van der Waals surface area contributed by atoms with Gasteiger partial charge >= 0.3 is 6.03 Å². The summed E-state index contributed by atoms with van der Waals surface area (Å²) in [7, 11) is -0.701. The first kappa shape index (κ1) is 27.2. The number of anilines is 1. The minimum atomic E-state index is -4.12. The summed E-state index contributed by atoms with van der Waals surface area (Å²) < 4.78 is 57.4. The summed E-state index contributed by atoms with van der Waals surface area (Å²) >= 11 is 0.690. The third kappa shape index (κ3) is 5.01. The number of urea groups is 1. The lowest BCUT2D eigenvalue weighted by Crippen LogP contribution is -2.52. The number of rotatable bonds is 7. The summed E-state index contributed by atoms with van der Waals surface area (Å²) in [6.45, 7) is 4.20. The summed E-state index contributed by atoms with van der Waals surface area (Å²) in [6, 6.07) is 4.91. The fraction of sp³-hybridized carbons (Fsp3) is 0.522. The van der Waals surface area contributed by atoms with E-state index in [0.29, 0.717) is 73.5 Å². The fourth-order valence-corrected chi connectivity index (χ4v) is 6.65. The molecule has 0 radical (unpaired) electrons. The maximum absolute atomic E-state index is 13.4. The van der Waals surface area contributed by atoms with Gasteiger partial charge in [0.05, 0.1) is 22.2 Å². The van der Waals surface area contributed by atoms with Crippen molar-refractivity contribution in [2.24, 2.45) is 7.05 Å². The summed E-state index contributed by atoms with van der Waals surface area (Å²) in [6.07, 6.45) is -1.97. The molecule has 1 N–H and O–H groups in total. The van der Waals surface area contributed by atoms with Crippen molar-refractivity contribution in [2.75, 3.05) is 44.7 Å². The van der Waals surface area contributed by atoms with Gasteiger partial charge in [0.25, 0.3) is 6.43 Å². The van der Waals surface area contributed by atoms with Crippen LogP contribution in [0.25, 0.3) is 21.6 Å². The third-order valence-corrected chi connectivity index (χ3v) is 9.47. The van der Waals surface area contributed by atoms with Crippen LogP contribution >= 0.6 is 11.3 Å². The Bertz CT molecular complexity index is 1570. The van der Waals surface area contributed by atoms with E-state index in [1.807, 2.05) is 17.9 Å². The average molecular weight is 580 g/mol. The quantitative estimate of drug-likeness (QED) is 0.450. The minimum absolute atomic E-state index is 0.0800. The highest BCUT2D eigenvalue weighted by molar-refractivity contribution is 7.89. The van der Waals surface area contributed by atoms with Crippen LogP contribution in [0, 0.1) is 11.3 Å². The summed E-state index contributed by atoms with van der Waals surface area (Å²) in [5.41, 5.74) is 0.249. The van der Waals surface area contributed by atoms with Crippen molar-refractivity contribution < 1.29 is 22.0 Å². The highest BCUT2D eigenvalue weighted by Gasteiger charge is 2.47. The lowest BCUT2D eigenvalue weighted by molar-refractivity contribution is 0.150. The number of amides is 2. The molecule has 1 aliphatic carbocycles. The molecule has 12 nitrogen and oxygen atoms in total. The number of piperazine rings is 1. The molecule has 1 aliphatic heterocycles. The standard InChI is InChI=1S/C23H27F2N9O3S2/c1-4-31(2)22(35)34-9-7-33(8-10-34)16-12-14(39(36,37)30-23(13-26)5-6-23)11-15-17(29-32(3)18(15)16)20-27-28-21(38-20)19(24)25/h11-12,19,30H,4-10H2,1-3H3. The number of sulfonamides is 1.